The van der Waals surface area contributed by atoms with Crippen LogP contribution in [0.3, 0.4) is 0 Å². The molecule has 0 bridgehead atoms. The largest absolute Gasteiger partial charge is 0.466 e. The number of methoxy groups -OCH3 is 2. The van der Waals surface area contributed by atoms with Crippen LogP contribution < -0.4 is 4.90 Å². The molecule has 1 heterocycles. The van der Waals surface area contributed by atoms with E-state index < -0.39 is 11.9 Å². The molecule has 8 heteroatoms. The Morgan fingerprint density at radius 2 is 1.86 bits per heavy atom. The number of carbonyl (C=O) groups excluding carboxylic acids is 2. The van der Waals surface area contributed by atoms with Crippen LogP contribution in [0.4, 0.5) is 5.69 Å². The summed E-state index contributed by atoms with van der Waals surface area (Å²) in [5.41, 5.74) is 2.06. The number of rotatable bonds is 6. The Hall–Kier alpha value is -2.48. The van der Waals surface area contributed by atoms with Crippen LogP contribution in [-0.2, 0) is 29.6 Å². The Morgan fingerprint density at radius 3 is 2.59 bits per heavy atom. The molecular weight excluding hydrogens is 414 g/mol. The number of benzene rings is 2. The molecular formula is C21H20ClNO5S. The van der Waals surface area contributed by atoms with E-state index in [4.69, 9.17) is 25.8 Å². The van der Waals surface area contributed by atoms with Crippen LogP contribution in [0.25, 0.3) is 0 Å². The van der Waals surface area contributed by atoms with Gasteiger partial charge in [0.25, 0.3) is 0 Å². The Bertz CT molecular complexity index is 946. The molecule has 0 saturated heterocycles. The SMILES string of the molecule is COC(=O)C1=C(C(=O)OC)N(c2ccccc2SCc2cccc(Cl)c2)COC1. The summed E-state index contributed by atoms with van der Waals surface area (Å²) in [5.74, 6) is -0.560. The number of nitrogens with zero attached hydrogens (tertiary/aromatic N) is 1. The lowest BCUT2D eigenvalue weighted by Gasteiger charge is -2.32. The maximum absolute atomic E-state index is 12.5. The van der Waals surface area contributed by atoms with Gasteiger partial charge in [0.05, 0.1) is 32.1 Å². The van der Waals surface area contributed by atoms with Crippen LogP contribution in [0.15, 0.2) is 64.7 Å². The first-order chi connectivity index (χ1) is 14.0. The predicted molar refractivity (Wildman–Crippen MR) is 112 cm³/mol. The van der Waals surface area contributed by atoms with Gasteiger partial charge in [-0.05, 0) is 29.8 Å². The molecule has 0 N–H and O–H groups in total. The smallest absolute Gasteiger partial charge is 0.355 e. The molecule has 0 saturated carbocycles. The first-order valence-corrected chi connectivity index (χ1v) is 10.1. The average Bonchev–Trinajstić information content (AvgIpc) is 2.76. The minimum atomic E-state index is -0.626. The monoisotopic (exact) mass is 433 g/mol. The van der Waals surface area contributed by atoms with Crippen molar-refractivity contribution in [2.45, 2.75) is 10.6 Å². The summed E-state index contributed by atoms with van der Waals surface area (Å²) in [6.07, 6.45) is 0. The zero-order chi connectivity index (χ0) is 20.8. The zero-order valence-corrected chi connectivity index (χ0v) is 17.6. The molecule has 0 aromatic heterocycles. The summed E-state index contributed by atoms with van der Waals surface area (Å²) in [6.45, 7) is 0.0884. The maximum Gasteiger partial charge on any atom is 0.355 e. The molecule has 2 aromatic rings. The Kier molecular flexibility index (Phi) is 7.19. The summed E-state index contributed by atoms with van der Waals surface area (Å²) in [4.78, 5) is 27.3. The molecule has 0 atom stereocenters. The second-order valence-corrected chi connectivity index (χ2v) is 7.56. The second kappa shape index (κ2) is 9.82. The lowest BCUT2D eigenvalue weighted by atomic mass is 10.1. The highest BCUT2D eigenvalue weighted by atomic mass is 35.5. The van der Waals surface area contributed by atoms with Crippen LogP contribution in [-0.4, -0.2) is 39.5 Å². The maximum atomic E-state index is 12.5. The minimum Gasteiger partial charge on any atom is -0.466 e. The van der Waals surface area contributed by atoms with Crippen LogP contribution in [0.1, 0.15) is 5.56 Å². The van der Waals surface area contributed by atoms with Crippen molar-refractivity contribution in [1.82, 2.24) is 0 Å². The van der Waals surface area contributed by atoms with E-state index in [1.165, 1.54) is 14.2 Å². The fourth-order valence-electron chi connectivity index (χ4n) is 2.92. The van der Waals surface area contributed by atoms with E-state index in [1.54, 1.807) is 16.7 Å². The Morgan fingerprint density at radius 1 is 1.10 bits per heavy atom. The molecule has 0 aliphatic carbocycles. The first-order valence-electron chi connectivity index (χ1n) is 8.76. The molecule has 0 fully saturated rings. The van der Waals surface area contributed by atoms with Crippen LogP contribution in [0, 0.1) is 0 Å². The predicted octanol–water partition coefficient (Wildman–Crippen LogP) is 4.03. The lowest BCUT2D eigenvalue weighted by Crippen LogP contribution is -2.39. The zero-order valence-electron chi connectivity index (χ0n) is 16.0. The van der Waals surface area contributed by atoms with Gasteiger partial charge in [0.2, 0.25) is 0 Å². The van der Waals surface area contributed by atoms with Gasteiger partial charge in [-0.3, -0.25) is 0 Å². The van der Waals surface area contributed by atoms with Crippen molar-refractivity contribution in [3.8, 4) is 0 Å². The number of para-hydroxylation sites is 1. The topological polar surface area (TPSA) is 65.1 Å². The van der Waals surface area contributed by atoms with Gasteiger partial charge in [0, 0.05) is 15.7 Å². The molecule has 0 amide bonds. The third-order valence-electron chi connectivity index (χ3n) is 4.27. The van der Waals surface area contributed by atoms with Gasteiger partial charge in [-0.15, -0.1) is 11.8 Å². The number of thioether (sulfide) groups is 1. The molecule has 6 nitrogen and oxygen atoms in total. The Balaban J connectivity index is 1.96. The molecule has 0 spiro atoms. The van der Waals surface area contributed by atoms with E-state index in [0.29, 0.717) is 10.8 Å². The van der Waals surface area contributed by atoms with Gasteiger partial charge in [-0.1, -0.05) is 35.9 Å². The molecule has 29 heavy (non-hydrogen) atoms. The van der Waals surface area contributed by atoms with E-state index in [-0.39, 0.29) is 24.6 Å². The molecule has 2 aromatic carbocycles. The highest BCUT2D eigenvalue weighted by molar-refractivity contribution is 7.98. The minimum absolute atomic E-state index is 0.0224. The average molecular weight is 434 g/mol. The van der Waals surface area contributed by atoms with Gasteiger partial charge in [-0.25, -0.2) is 9.59 Å². The van der Waals surface area contributed by atoms with Gasteiger partial charge in [0.15, 0.2) is 0 Å². The normalized spacial score (nSPS) is 14.0. The van der Waals surface area contributed by atoms with Gasteiger partial charge in [0.1, 0.15) is 12.4 Å². The number of hydrogen-bond acceptors (Lipinski definition) is 7. The van der Waals surface area contributed by atoms with E-state index in [2.05, 4.69) is 0 Å². The summed E-state index contributed by atoms with van der Waals surface area (Å²) < 4.78 is 15.3. The number of anilines is 1. The highest BCUT2D eigenvalue weighted by Gasteiger charge is 2.33. The van der Waals surface area contributed by atoms with Crippen molar-refractivity contribution in [2.75, 3.05) is 32.5 Å². The van der Waals surface area contributed by atoms with Gasteiger partial charge >= 0.3 is 11.9 Å². The highest BCUT2D eigenvalue weighted by Crippen LogP contribution is 2.36. The third kappa shape index (κ3) is 4.93. The summed E-state index contributed by atoms with van der Waals surface area (Å²) in [5, 5.41) is 0.680. The van der Waals surface area contributed by atoms with Crippen LogP contribution in [0.2, 0.25) is 5.02 Å². The van der Waals surface area contributed by atoms with E-state index in [0.717, 1.165) is 16.1 Å². The molecule has 1 aliphatic heterocycles. The Labute approximate surface area is 178 Å². The fourth-order valence-corrected chi connectivity index (χ4v) is 4.14. The van der Waals surface area contributed by atoms with E-state index in [1.807, 2.05) is 48.5 Å². The van der Waals surface area contributed by atoms with Gasteiger partial charge < -0.3 is 19.1 Å². The van der Waals surface area contributed by atoms with Crippen molar-refractivity contribution >= 4 is 41.0 Å². The van der Waals surface area contributed by atoms with Crippen molar-refractivity contribution in [1.29, 1.82) is 0 Å². The standard InChI is InChI=1S/C21H20ClNO5S/c1-26-20(24)16-11-28-13-23(19(16)21(25)27-2)17-8-3-4-9-18(17)29-12-14-6-5-7-15(22)10-14/h3-10H,11-13H2,1-2H3. The fraction of sp³-hybridized carbons (Fsp3) is 0.238. The van der Waals surface area contributed by atoms with Crippen molar-refractivity contribution < 1.29 is 23.8 Å². The molecule has 152 valence electrons. The number of hydrogen-bond donors (Lipinski definition) is 0. The van der Waals surface area contributed by atoms with Crippen molar-refractivity contribution in [3.63, 3.8) is 0 Å². The van der Waals surface area contributed by atoms with Crippen molar-refractivity contribution in [3.05, 3.63) is 70.4 Å². The first kappa shape index (κ1) is 21.2. The number of carbonyl (C=O) groups is 2. The molecule has 0 unspecified atom stereocenters. The molecule has 0 radical (unpaired) electrons. The van der Waals surface area contributed by atoms with E-state index in [9.17, 15) is 9.59 Å². The summed E-state index contributed by atoms with van der Waals surface area (Å²) in [6, 6.07) is 15.2. The van der Waals surface area contributed by atoms with Crippen LogP contribution in [0.5, 0.6) is 0 Å². The number of esters is 2. The van der Waals surface area contributed by atoms with Crippen molar-refractivity contribution in [2.24, 2.45) is 0 Å². The number of ether oxygens (including phenoxy) is 3. The van der Waals surface area contributed by atoms with Gasteiger partial charge in [-0.2, -0.15) is 0 Å². The molecule has 3 rings (SSSR count). The van der Waals surface area contributed by atoms with E-state index >= 15 is 0 Å². The summed E-state index contributed by atoms with van der Waals surface area (Å²) >= 11 is 7.67. The second-order valence-electron chi connectivity index (χ2n) is 6.10. The number of halogens is 1. The van der Waals surface area contributed by atoms with Crippen LogP contribution >= 0.6 is 23.4 Å². The quantitative estimate of drug-likeness (QED) is 0.503. The lowest BCUT2D eigenvalue weighted by molar-refractivity contribution is -0.140. The summed E-state index contributed by atoms with van der Waals surface area (Å²) in [7, 11) is 2.54. The molecule has 1 aliphatic rings. The third-order valence-corrected chi connectivity index (χ3v) is 5.64.